The molecule has 1 saturated heterocycles. The molecule has 0 radical (unpaired) electrons. The van der Waals surface area contributed by atoms with Crippen molar-refractivity contribution in [3.05, 3.63) is 70.5 Å². The zero-order valence-corrected chi connectivity index (χ0v) is 20.5. The normalized spacial score (nSPS) is 15.3. The van der Waals surface area contributed by atoms with E-state index in [1.54, 1.807) is 6.08 Å². The number of aryl methyl sites for hydroxylation is 3. The second kappa shape index (κ2) is 9.86. The highest BCUT2D eigenvalue weighted by molar-refractivity contribution is 5.98. The summed E-state index contributed by atoms with van der Waals surface area (Å²) in [4.78, 5) is 15.1. The van der Waals surface area contributed by atoms with Crippen LogP contribution in [-0.2, 0) is 11.2 Å². The molecule has 4 rings (SSSR count). The van der Waals surface area contributed by atoms with Crippen LogP contribution in [0.15, 0.2) is 46.9 Å². The molecule has 33 heavy (non-hydrogen) atoms. The standard InChI is InChI=1S/C29H35NO3/c1-6-32-28-21(4)29-26(20(3)22(5)33-29)18-25(28)19(2)16-27(31)30-14-12-24(13-15-30)17-23-10-8-7-9-11-23/h7-11,16,18,24H,6,12-15,17H2,1-5H3/b19-16+. The first-order chi connectivity index (χ1) is 15.9. The molecular formula is C29H35NO3. The molecule has 1 aromatic heterocycles. The lowest BCUT2D eigenvalue weighted by molar-refractivity contribution is -0.127. The lowest BCUT2D eigenvalue weighted by Gasteiger charge is -2.31. The minimum Gasteiger partial charge on any atom is -0.493 e. The summed E-state index contributed by atoms with van der Waals surface area (Å²) < 4.78 is 12.0. The molecule has 1 aliphatic heterocycles. The van der Waals surface area contributed by atoms with Crippen molar-refractivity contribution in [3.8, 4) is 5.75 Å². The van der Waals surface area contributed by atoms with Gasteiger partial charge in [-0.05, 0) is 82.6 Å². The van der Waals surface area contributed by atoms with Crippen LogP contribution in [0, 0.1) is 26.7 Å². The molecule has 3 aromatic rings. The van der Waals surface area contributed by atoms with Crippen molar-refractivity contribution in [2.24, 2.45) is 5.92 Å². The number of carbonyl (C=O) groups is 1. The van der Waals surface area contributed by atoms with Gasteiger partial charge < -0.3 is 14.1 Å². The lowest BCUT2D eigenvalue weighted by Crippen LogP contribution is -2.38. The Bertz CT molecular complexity index is 1160. The molecule has 4 heteroatoms. The van der Waals surface area contributed by atoms with Crippen LogP contribution in [0.2, 0.25) is 0 Å². The van der Waals surface area contributed by atoms with Gasteiger partial charge in [-0.1, -0.05) is 30.3 Å². The number of nitrogens with zero attached hydrogens (tertiary/aromatic N) is 1. The SMILES string of the molecule is CCOc1c(/C(C)=C/C(=O)N2CCC(Cc3ccccc3)CC2)cc2c(C)c(C)oc2c1C. The molecule has 0 N–H and O–H groups in total. The monoisotopic (exact) mass is 445 g/mol. The first-order valence-corrected chi connectivity index (χ1v) is 12.1. The van der Waals surface area contributed by atoms with Crippen LogP contribution in [0.3, 0.4) is 0 Å². The average Bonchev–Trinajstić information content (AvgIpc) is 3.10. The summed E-state index contributed by atoms with van der Waals surface area (Å²) in [5.41, 5.74) is 6.28. The topological polar surface area (TPSA) is 42.7 Å². The number of ether oxygens (including phenoxy) is 1. The zero-order chi connectivity index (χ0) is 23.5. The predicted octanol–water partition coefficient (Wildman–Crippen LogP) is 6.64. The number of rotatable bonds is 6. The van der Waals surface area contributed by atoms with E-state index in [0.717, 1.165) is 77.1 Å². The van der Waals surface area contributed by atoms with Crippen molar-refractivity contribution in [1.82, 2.24) is 4.90 Å². The van der Waals surface area contributed by atoms with Gasteiger partial charge in [0.2, 0.25) is 5.91 Å². The number of piperidine rings is 1. The number of carbonyl (C=O) groups excluding carboxylic acids is 1. The van der Waals surface area contributed by atoms with Gasteiger partial charge in [0, 0.05) is 35.7 Å². The number of likely N-dealkylation sites (tertiary alicyclic amines) is 1. The van der Waals surface area contributed by atoms with Crippen molar-refractivity contribution in [2.45, 2.75) is 53.9 Å². The number of allylic oxidation sites excluding steroid dienone is 1. The summed E-state index contributed by atoms with van der Waals surface area (Å²) in [6.45, 7) is 12.3. The molecule has 1 aliphatic rings. The van der Waals surface area contributed by atoms with Crippen molar-refractivity contribution in [2.75, 3.05) is 19.7 Å². The van der Waals surface area contributed by atoms with Gasteiger partial charge in [0.15, 0.2) is 0 Å². The second-order valence-corrected chi connectivity index (χ2v) is 9.26. The first kappa shape index (κ1) is 23.2. The van der Waals surface area contributed by atoms with E-state index in [9.17, 15) is 4.79 Å². The van der Waals surface area contributed by atoms with E-state index < -0.39 is 0 Å². The van der Waals surface area contributed by atoms with E-state index in [4.69, 9.17) is 9.15 Å². The highest BCUT2D eigenvalue weighted by Gasteiger charge is 2.23. The number of hydrogen-bond acceptors (Lipinski definition) is 3. The van der Waals surface area contributed by atoms with Crippen LogP contribution in [0.25, 0.3) is 16.5 Å². The van der Waals surface area contributed by atoms with E-state index >= 15 is 0 Å². The fraction of sp³-hybridized carbons (Fsp3) is 0.414. The average molecular weight is 446 g/mol. The Morgan fingerprint density at radius 1 is 1.12 bits per heavy atom. The Morgan fingerprint density at radius 2 is 1.82 bits per heavy atom. The molecule has 1 fully saturated rings. The van der Waals surface area contributed by atoms with E-state index in [1.807, 2.05) is 32.6 Å². The van der Waals surface area contributed by atoms with Crippen LogP contribution >= 0.6 is 0 Å². The third kappa shape index (κ3) is 4.85. The highest BCUT2D eigenvalue weighted by atomic mass is 16.5. The van der Waals surface area contributed by atoms with E-state index in [-0.39, 0.29) is 5.91 Å². The van der Waals surface area contributed by atoms with Gasteiger partial charge in [0.1, 0.15) is 17.1 Å². The summed E-state index contributed by atoms with van der Waals surface area (Å²) in [7, 11) is 0. The second-order valence-electron chi connectivity index (χ2n) is 9.26. The Balaban J connectivity index is 1.52. The fourth-order valence-corrected chi connectivity index (χ4v) is 4.89. The van der Waals surface area contributed by atoms with Gasteiger partial charge in [0.05, 0.1) is 6.61 Å². The molecule has 0 saturated carbocycles. The molecule has 174 valence electrons. The quantitative estimate of drug-likeness (QED) is 0.399. The van der Waals surface area contributed by atoms with Gasteiger partial charge in [-0.3, -0.25) is 4.79 Å². The smallest absolute Gasteiger partial charge is 0.246 e. The van der Waals surface area contributed by atoms with Gasteiger partial charge >= 0.3 is 0 Å². The van der Waals surface area contributed by atoms with E-state index in [1.165, 1.54) is 5.56 Å². The third-order valence-electron chi connectivity index (χ3n) is 6.99. The number of fused-ring (bicyclic) bond motifs is 1. The molecule has 0 unspecified atom stereocenters. The van der Waals surface area contributed by atoms with Crippen molar-refractivity contribution >= 4 is 22.4 Å². The van der Waals surface area contributed by atoms with E-state index in [2.05, 4.69) is 43.3 Å². The minimum atomic E-state index is 0.0888. The molecule has 1 amide bonds. The van der Waals surface area contributed by atoms with Crippen LogP contribution in [0.4, 0.5) is 0 Å². The number of furan rings is 1. The molecule has 0 bridgehead atoms. The molecule has 0 atom stereocenters. The number of amides is 1. The van der Waals surface area contributed by atoms with Crippen molar-refractivity contribution < 1.29 is 13.9 Å². The molecule has 0 aliphatic carbocycles. The Kier molecular flexibility index (Phi) is 6.92. The molecule has 0 spiro atoms. The first-order valence-electron chi connectivity index (χ1n) is 12.1. The summed E-state index contributed by atoms with van der Waals surface area (Å²) >= 11 is 0. The molecule has 2 aromatic carbocycles. The van der Waals surface area contributed by atoms with Crippen LogP contribution in [-0.4, -0.2) is 30.5 Å². The summed E-state index contributed by atoms with van der Waals surface area (Å²) in [5, 5.41) is 1.09. The summed E-state index contributed by atoms with van der Waals surface area (Å²) in [6, 6.07) is 12.8. The molecule has 2 heterocycles. The molecular weight excluding hydrogens is 410 g/mol. The Morgan fingerprint density at radius 3 is 2.48 bits per heavy atom. The van der Waals surface area contributed by atoms with E-state index in [0.29, 0.717) is 12.5 Å². The highest BCUT2D eigenvalue weighted by Crippen LogP contribution is 2.39. The zero-order valence-electron chi connectivity index (χ0n) is 20.5. The Hall–Kier alpha value is -3.01. The van der Waals surface area contributed by atoms with Crippen molar-refractivity contribution in [3.63, 3.8) is 0 Å². The summed E-state index contributed by atoms with van der Waals surface area (Å²) in [6.07, 6.45) is 4.98. The third-order valence-corrected chi connectivity index (χ3v) is 6.99. The summed E-state index contributed by atoms with van der Waals surface area (Å²) in [5.74, 6) is 2.46. The van der Waals surface area contributed by atoms with Crippen LogP contribution in [0.1, 0.15) is 54.7 Å². The largest absolute Gasteiger partial charge is 0.493 e. The number of benzene rings is 2. The van der Waals surface area contributed by atoms with Crippen LogP contribution < -0.4 is 4.74 Å². The Labute approximate surface area is 197 Å². The fourth-order valence-electron chi connectivity index (χ4n) is 4.89. The van der Waals surface area contributed by atoms with Crippen LogP contribution in [0.5, 0.6) is 5.75 Å². The predicted molar refractivity (Wildman–Crippen MR) is 135 cm³/mol. The van der Waals surface area contributed by atoms with Crippen molar-refractivity contribution in [1.29, 1.82) is 0 Å². The lowest BCUT2D eigenvalue weighted by atomic mass is 9.90. The van der Waals surface area contributed by atoms with Gasteiger partial charge in [-0.15, -0.1) is 0 Å². The van der Waals surface area contributed by atoms with Gasteiger partial charge in [0.25, 0.3) is 0 Å². The maximum Gasteiger partial charge on any atom is 0.246 e. The number of hydrogen-bond donors (Lipinski definition) is 0. The van der Waals surface area contributed by atoms with Gasteiger partial charge in [-0.2, -0.15) is 0 Å². The van der Waals surface area contributed by atoms with Gasteiger partial charge in [-0.25, -0.2) is 0 Å². The maximum atomic E-state index is 13.1. The minimum absolute atomic E-state index is 0.0888. The molecule has 4 nitrogen and oxygen atoms in total. The maximum absolute atomic E-state index is 13.1.